The van der Waals surface area contributed by atoms with Crippen LogP contribution in [0.4, 0.5) is 5.69 Å². The van der Waals surface area contributed by atoms with E-state index in [0.717, 1.165) is 30.4 Å². The molecule has 4 N–H and O–H groups in total. The summed E-state index contributed by atoms with van der Waals surface area (Å²) >= 11 is 11.4. The molecule has 0 fully saturated rings. The Morgan fingerprint density at radius 2 is 1.72 bits per heavy atom. The average Bonchev–Trinajstić information content (AvgIpc) is 2.32. The first-order valence-corrected chi connectivity index (χ1v) is 7.00. The molecule has 0 aliphatic rings. The summed E-state index contributed by atoms with van der Waals surface area (Å²) in [5.41, 5.74) is 14.1. The van der Waals surface area contributed by atoms with E-state index in [2.05, 4.69) is 0 Å². The Labute approximate surface area is 117 Å². The van der Waals surface area contributed by atoms with Crippen LogP contribution >= 0.6 is 23.2 Å². The lowest BCUT2D eigenvalue weighted by atomic mass is 9.96. The van der Waals surface area contributed by atoms with Gasteiger partial charge in [0.2, 0.25) is 0 Å². The van der Waals surface area contributed by atoms with Gasteiger partial charge in [-0.15, -0.1) is 23.2 Å². The molecule has 3 nitrogen and oxygen atoms in total. The molecule has 1 aromatic carbocycles. The van der Waals surface area contributed by atoms with Crippen LogP contribution in [0, 0.1) is 0 Å². The summed E-state index contributed by atoms with van der Waals surface area (Å²) in [5.74, 6) is 0.666. The second-order valence-corrected chi connectivity index (χ2v) is 4.92. The maximum atomic E-state index is 11.4. The summed E-state index contributed by atoms with van der Waals surface area (Å²) in [7, 11) is 0. The van der Waals surface area contributed by atoms with Gasteiger partial charge in [-0.05, 0) is 42.9 Å². The van der Waals surface area contributed by atoms with Gasteiger partial charge < -0.3 is 11.5 Å². The van der Waals surface area contributed by atoms with E-state index in [1.807, 2.05) is 6.07 Å². The van der Waals surface area contributed by atoms with Crippen LogP contribution < -0.4 is 11.5 Å². The van der Waals surface area contributed by atoms with Crippen molar-refractivity contribution in [3.63, 3.8) is 0 Å². The number of primary amides is 1. The number of benzene rings is 1. The summed E-state index contributed by atoms with van der Waals surface area (Å²) in [5, 5.41) is 0. The number of rotatable bonds is 7. The smallest absolute Gasteiger partial charge is 0.251 e. The van der Waals surface area contributed by atoms with Gasteiger partial charge in [-0.25, -0.2) is 0 Å². The molecule has 0 radical (unpaired) electrons. The number of halogens is 2. The Morgan fingerprint density at radius 1 is 1.11 bits per heavy atom. The fraction of sp³-hybridized carbons (Fsp3) is 0.462. The molecular formula is C13H18Cl2N2O. The third kappa shape index (κ3) is 4.07. The molecule has 0 atom stereocenters. The van der Waals surface area contributed by atoms with Crippen LogP contribution in [-0.4, -0.2) is 17.7 Å². The highest BCUT2D eigenvalue weighted by molar-refractivity contribution is 6.18. The normalized spacial score (nSPS) is 10.6. The molecule has 0 spiro atoms. The van der Waals surface area contributed by atoms with Gasteiger partial charge in [-0.1, -0.05) is 6.07 Å². The maximum absolute atomic E-state index is 11.4. The van der Waals surface area contributed by atoms with Crippen molar-refractivity contribution in [2.24, 2.45) is 5.73 Å². The van der Waals surface area contributed by atoms with Gasteiger partial charge in [0.25, 0.3) is 5.91 Å². The molecule has 0 bridgehead atoms. The zero-order valence-electron chi connectivity index (χ0n) is 10.2. The lowest BCUT2D eigenvalue weighted by Crippen LogP contribution is -2.17. The largest absolute Gasteiger partial charge is 0.398 e. The summed E-state index contributed by atoms with van der Waals surface area (Å²) in [6, 6.07) is 3.78. The second kappa shape index (κ2) is 7.49. The van der Waals surface area contributed by atoms with Gasteiger partial charge in [0.05, 0.1) is 5.56 Å². The number of amides is 1. The van der Waals surface area contributed by atoms with Crippen molar-refractivity contribution in [2.45, 2.75) is 25.7 Å². The molecule has 1 rings (SSSR count). The predicted molar refractivity (Wildman–Crippen MR) is 77.5 cm³/mol. The minimum atomic E-state index is -0.485. The summed E-state index contributed by atoms with van der Waals surface area (Å²) in [6.45, 7) is 0. The van der Waals surface area contributed by atoms with Crippen LogP contribution in [0.3, 0.4) is 0 Å². The molecule has 0 aromatic heterocycles. The van der Waals surface area contributed by atoms with Crippen LogP contribution in [0.1, 0.15) is 34.3 Å². The van der Waals surface area contributed by atoms with Crippen molar-refractivity contribution in [3.05, 3.63) is 28.8 Å². The SMILES string of the molecule is NC(=O)c1c(N)cc(CCCCl)cc1CCCCl. The second-order valence-electron chi connectivity index (χ2n) is 4.17. The van der Waals surface area contributed by atoms with Crippen LogP contribution in [-0.2, 0) is 12.8 Å². The third-order valence-corrected chi connectivity index (χ3v) is 3.27. The van der Waals surface area contributed by atoms with E-state index < -0.39 is 5.91 Å². The van der Waals surface area contributed by atoms with Gasteiger partial charge in [0, 0.05) is 17.4 Å². The lowest BCUT2D eigenvalue weighted by molar-refractivity contribution is 0.100. The number of carbonyl (C=O) groups is 1. The fourth-order valence-corrected chi connectivity index (χ4v) is 2.23. The molecule has 1 aromatic rings. The fourth-order valence-electron chi connectivity index (χ4n) is 1.97. The Morgan fingerprint density at radius 3 is 2.28 bits per heavy atom. The molecule has 1 amide bonds. The van der Waals surface area contributed by atoms with Crippen molar-refractivity contribution in [3.8, 4) is 0 Å². The predicted octanol–water partition coefficient (Wildman–Crippen LogP) is 2.71. The number of carbonyl (C=O) groups excluding carboxylic acids is 1. The van der Waals surface area contributed by atoms with Crippen molar-refractivity contribution in [1.82, 2.24) is 0 Å². The van der Waals surface area contributed by atoms with Crippen LogP contribution in [0.5, 0.6) is 0 Å². The maximum Gasteiger partial charge on any atom is 0.251 e. The third-order valence-electron chi connectivity index (χ3n) is 2.74. The molecule has 0 unspecified atom stereocenters. The number of hydrogen-bond donors (Lipinski definition) is 2. The highest BCUT2D eigenvalue weighted by Crippen LogP contribution is 2.22. The molecule has 18 heavy (non-hydrogen) atoms. The highest BCUT2D eigenvalue weighted by Gasteiger charge is 2.13. The number of alkyl halides is 2. The van der Waals surface area contributed by atoms with Crippen LogP contribution in [0.2, 0.25) is 0 Å². The molecule has 5 heteroatoms. The molecule has 0 aliphatic heterocycles. The van der Waals surface area contributed by atoms with E-state index in [9.17, 15) is 4.79 Å². The quantitative estimate of drug-likeness (QED) is 0.598. The summed E-state index contributed by atoms with van der Waals surface area (Å²) in [6.07, 6.45) is 3.23. The Kier molecular flexibility index (Phi) is 6.30. The Balaban J connectivity index is 3.06. The standard InChI is InChI=1S/C13H18Cl2N2O/c14-5-1-3-9-7-10(4-2-6-15)12(13(17)18)11(16)8-9/h7-8H,1-6,16H2,(H2,17,18). The number of hydrogen-bond acceptors (Lipinski definition) is 2. The van der Waals surface area contributed by atoms with Crippen molar-refractivity contribution in [2.75, 3.05) is 17.5 Å². The Hall–Kier alpha value is -0.930. The van der Waals surface area contributed by atoms with Gasteiger partial charge in [-0.2, -0.15) is 0 Å². The number of aryl methyl sites for hydroxylation is 2. The van der Waals surface area contributed by atoms with Gasteiger partial charge >= 0.3 is 0 Å². The van der Waals surface area contributed by atoms with Crippen molar-refractivity contribution in [1.29, 1.82) is 0 Å². The van der Waals surface area contributed by atoms with E-state index in [1.54, 1.807) is 6.07 Å². The van der Waals surface area contributed by atoms with E-state index in [1.165, 1.54) is 0 Å². The average molecular weight is 289 g/mol. The molecule has 0 heterocycles. The zero-order chi connectivity index (χ0) is 13.5. The first kappa shape index (κ1) is 15.1. The number of nitrogen functional groups attached to an aromatic ring is 1. The monoisotopic (exact) mass is 288 g/mol. The highest BCUT2D eigenvalue weighted by atomic mass is 35.5. The van der Waals surface area contributed by atoms with Crippen LogP contribution in [0.25, 0.3) is 0 Å². The number of anilines is 1. The van der Waals surface area contributed by atoms with E-state index in [-0.39, 0.29) is 0 Å². The minimum Gasteiger partial charge on any atom is -0.398 e. The lowest BCUT2D eigenvalue weighted by Gasteiger charge is -2.12. The Bertz CT molecular complexity index is 422. The zero-order valence-corrected chi connectivity index (χ0v) is 11.7. The first-order valence-electron chi connectivity index (χ1n) is 5.93. The van der Waals surface area contributed by atoms with E-state index >= 15 is 0 Å². The molecule has 100 valence electrons. The summed E-state index contributed by atoms with van der Waals surface area (Å²) < 4.78 is 0. The van der Waals surface area contributed by atoms with Crippen molar-refractivity contribution < 1.29 is 4.79 Å². The molecule has 0 saturated carbocycles. The molecule has 0 saturated heterocycles. The van der Waals surface area contributed by atoms with Gasteiger partial charge in [-0.3, -0.25) is 4.79 Å². The van der Waals surface area contributed by atoms with E-state index in [4.69, 9.17) is 34.7 Å². The van der Waals surface area contributed by atoms with Gasteiger partial charge in [0.15, 0.2) is 0 Å². The minimum absolute atomic E-state index is 0.426. The van der Waals surface area contributed by atoms with Gasteiger partial charge in [0.1, 0.15) is 0 Å². The van der Waals surface area contributed by atoms with Crippen LogP contribution in [0.15, 0.2) is 12.1 Å². The molecular weight excluding hydrogens is 271 g/mol. The summed E-state index contributed by atoms with van der Waals surface area (Å²) in [4.78, 5) is 11.4. The first-order chi connectivity index (χ1) is 8.60. The molecule has 0 aliphatic carbocycles. The topological polar surface area (TPSA) is 69.1 Å². The number of nitrogens with two attached hydrogens (primary N) is 2. The van der Waals surface area contributed by atoms with E-state index in [0.29, 0.717) is 29.4 Å². The van der Waals surface area contributed by atoms with Crippen molar-refractivity contribution >= 4 is 34.8 Å².